The first-order chi connectivity index (χ1) is 11.1. The van der Waals surface area contributed by atoms with Gasteiger partial charge in [0.1, 0.15) is 5.69 Å². The summed E-state index contributed by atoms with van der Waals surface area (Å²) in [6, 6.07) is 2.36. The highest BCUT2D eigenvalue weighted by Crippen LogP contribution is 2.34. The first-order valence-electron chi connectivity index (χ1n) is 8.07. The van der Waals surface area contributed by atoms with Crippen molar-refractivity contribution in [3.05, 3.63) is 35.3 Å². The Balaban J connectivity index is 0.00000208. The van der Waals surface area contributed by atoms with Crippen LogP contribution in [0.4, 0.5) is 0 Å². The molecule has 6 nitrogen and oxygen atoms in total. The van der Waals surface area contributed by atoms with Gasteiger partial charge in [0.15, 0.2) is 0 Å². The average Bonchev–Trinajstić information content (AvgIpc) is 2.90. The molecule has 2 aromatic heterocycles. The van der Waals surface area contributed by atoms with E-state index in [4.69, 9.17) is 0 Å². The highest BCUT2D eigenvalue weighted by Gasteiger charge is 2.27. The van der Waals surface area contributed by atoms with Crippen LogP contribution < -0.4 is 5.32 Å². The standard InChI is InChI=1S/C17H22N4O2.ClH/c1-11(2)19-7-3-9-21-16(17(22)23)14-5-4-12-10-18-8-6-13(12)15(14)20-21;/h6,8,10-11,19H,3-5,7,9H2,1-2H3,(H,22,23);1H. The molecule has 1 aliphatic rings. The molecule has 0 radical (unpaired) electrons. The maximum atomic E-state index is 11.7. The predicted molar refractivity (Wildman–Crippen MR) is 94.8 cm³/mol. The van der Waals surface area contributed by atoms with E-state index in [1.807, 2.05) is 12.3 Å². The van der Waals surface area contributed by atoms with Crippen LogP contribution in [-0.2, 0) is 19.4 Å². The summed E-state index contributed by atoms with van der Waals surface area (Å²) in [5.74, 6) is -0.895. The molecule has 0 saturated carbocycles. The van der Waals surface area contributed by atoms with Crippen molar-refractivity contribution in [1.82, 2.24) is 20.1 Å². The molecular weight excluding hydrogens is 328 g/mol. The van der Waals surface area contributed by atoms with Crippen LogP contribution >= 0.6 is 12.4 Å². The van der Waals surface area contributed by atoms with Gasteiger partial charge in [-0.15, -0.1) is 12.4 Å². The van der Waals surface area contributed by atoms with Crippen LogP contribution in [0, 0.1) is 0 Å². The number of halogens is 1. The van der Waals surface area contributed by atoms with Crippen molar-refractivity contribution in [2.75, 3.05) is 6.54 Å². The van der Waals surface area contributed by atoms with Crippen LogP contribution in [0.3, 0.4) is 0 Å². The molecule has 2 aromatic rings. The number of nitrogens with zero attached hydrogens (tertiary/aromatic N) is 3. The van der Waals surface area contributed by atoms with Gasteiger partial charge in [0.2, 0.25) is 0 Å². The summed E-state index contributed by atoms with van der Waals surface area (Å²) < 4.78 is 1.66. The molecule has 1 aliphatic carbocycles. The van der Waals surface area contributed by atoms with Gasteiger partial charge in [0.05, 0.1) is 5.69 Å². The van der Waals surface area contributed by atoms with E-state index in [0.717, 1.165) is 41.8 Å². The average molecular weight is 351 g/mol. The predicted octanol–water partition coefficient (Wildman–Crippen LogP) is 2.55. The number of rotatable bonds is 6. The molecule has 0 atom stereocenters. The maximum Gasteiger partial charge on any atom is 0.354 e. The second-order valence-corrected chi connectivity index (χ2v) is 6.20. The van der Waals surface area contributed by atoms with Gasteiger partial charge in [0, 0.05) is 36.1 Å². The number of hydrogen-bond acceptors (Lipinski definition) is 4. The van der Waals surface area contributed by atoms with Gasteiger partial charge in [-0.1, -0.05) is 13.8 Å². The fourth-order valence-corrected chi connectivity index (χ4v) is 3.09. The molecule has 130 valence electrons. The number of nitrogens with one attached hydrogen (secondary N) is 1. The SMILES string of the molecule is CC(C)NCCCn1nc2c(c1C(=O)O)CCc1cnccc1-2.Cl. The van der Waals surface area contributed by atoms with Crippen LogP contribution in [0.15, 0.2) is 18.5 Å². The fraction of sp³-hybridized carbons (Fsp3) is 0.471. The van der Waals surface area contributed by atoms with Crippen molar-refractivity contribution in [2.45, 2.75) is 45.7 Å². The summed E-state index contributed by atoms with van der Waals surface area (Å²) in [4.78, 5) is 15.9. The van der Waals surface area contributed by atoms with Gasteiger partial charge < -0.3 is 10.4 Å². The number of pyridine rings is 1. The summed E-state index contributed by atoms with van der Waals surface area (Å²) in [5, 5.41) is 17.6. The van der Waals surface area contributed by atoms with Crippen molar-refractivity contribution in [1.29, 1.82) is 0 Å². The summed E-state index contributed by atoms with van der Waals surface area (Å²) in [6.45, 7) is 5.65. The summed E-state index contributed by atoms with van der Waals surface area (Å²) >= 11 is 0. The van der Waals surface area contributed by atoms with E-state index in [1.165, 1.54) is 0 Å². The van der Waals surface area contributed by atoms with Gasteiger partial charge in [-0.3, -0.25) is 9.67 Å². The van der Waals surface area contributed by atoms with Crippen molar-refractivity contribution in [3.8, 4) is 11.3 Å². The Morgan fingerprint density at radius 1 is 1.42 bits per heavy atom. The molecule has 2 heterocycles. The number of fused-ring (bicyclic) bond motifs is 3. The number of carboxylic acids is 1. The first kappa shape index (κ1) is 18.4. The minimum absolute atomic E-state index is 0. The Bertz CT molecular complexity index is 727. The van der Waals surface area contributed by atoms with Crippen molar-refractivity contribution in [2.24, 2.45) is 0 Å². The summed E-state index contributed by atoms with van der Waals surface area (Å²) in [6.07, 6.45) is 5.96. The van der Waals surface area contributed by atoms with Crippen LogP contribution in [0.1, 0.15) is 41.9 Å². The Hall–Kier alpha value is -1.92. The van der Waals surface area contributed by atoms with E-state index in [0.29, 0.717) is 24.7 Å². The molecule has 2 N–H and O–H groups in total. The second kappa shape index (κ2) is 7.77. The van der Waals surface area contributed by atoms with Crippen LogP contribution in [-0.4, -0.2) is 38.4 Å². The number of aromatic nitrogens is 3. The van der Waals surface area contributed by atoms with Gasteiger partial charge >= 0.3 is 5.97 Å². The summed E-state index contributed by atoms with van der Waals surface area (Å²) in [5.41, 5.74) is 4.16. The molecule has 7 heteroatoms. The normalized spacial score (nSPS) is 12.5. The zero-order valence-electron chi connectivity index (χ0n) is 14.0. The smallest absolute Gasteiger partial charge is 0.354 e. The molecule has 0 aliphatic heterocycles. The van der Waals surface area contributed by atoms with Gasteiger partial charge in [0.25, 0.3) is 0 Å². The zero-order valence-corrected chi connectivity index (χ0v) is 14.8. The molecule has 0 amide bonds. The first-order valence-corrected chi connectivity index (χ1v) is 8.07. The second-order valence-electron chi connectivity index (χ2n) is 6.20. The van der Waals surface area contributed by atoms with E-state index >= 15 is 0 Å². The Kier molecular flexibility index (Phi) is 5.96. The van der Waals surface area contributed by atoms with Crippen LogP contribution in [0.25, 0.3) is 11.3 Å². The fourth-order valence-electron chi connectivity index (χ4n) is 3.09. The highest BCUT2D eigenvalue weighted by atomic mass is 35.5. The number of aryl methyl sites for hydroxylation is 2. The van der Waals surface area contributed by atoms with Crippen LogP contribution in [0.5, 0.6) is 0 Å². The molecule has 0 spiro atoms. The lowest BCUT2D eigenvalue weighted by Crippen LogP contribution is -2.25. The third kappa shape index (κ3) is 3.60. The van der Waals surface area contributed by atoms with E-state index < -0.39 is 5.97 Å². The minimum atomic E-state index is -0.895. The molecule has 0 aromatic carbocycles. The number of aromatic carboxylic acids is 1. The minimum Gasteiger partial charge on any atom is -0.477 e. The lowest BCUT2D eigenvalue weighted by atomic mass is 9.90. The molecule has 3 rings (SSSR count). The monoisotopic (exact) mass is 350 g/mol. The molecule has 0 fully saturated rings. The largest absolute Gasteiger partial charge is 0.477 e. The van der Waals surface area contributed by atoms with Gasteiger partial charge in [-0.05, 0) is 37.4 Å². The van der Waals surface area contributed by atoms with Crippen molar-refractivity contribution < 1.29 is 9.90 Å². The third-order valence-corrected chi connectivity index (χ3v) is 4.16. The molecule has 24 heavy (non-hydrogen) atoms. The topological polar surface area (TPSA) is 80.0 Å². The number of carbonyl (C=O) groups is 1. The van der Waals surface area contributed by atoms with E-state index in [9.17, 15) is 9.90 Å². The maximum absolute atomic E-state index is 11.7. The van der Waals surface area contributed by atoms with E-state index in [1.54, 1.807) is 10.9 Å². The Morgan fingerprint density at radius 2 is 2.21 bits per heavy atom. The third-order valence-electron chi connectivity index (χ3n) is 4.16. The Morgan fingerprint density at radius 3 is 2.92 bits per heavy atom. The number of hydrogen-bond donors (Lipinski definition) is 2. The van der Waals surface area contributed by atoms with Gasteiger partial charge in [-0.25, -0.2) is 4.79 Å². The lowest BCUT2D eigenvalue weighted by Gasteiger charge is -2.14. The highest BCUT2D eigenvalue weighted by molar-refractivity contribution is 5.90. The molecule has 0 unspecified atom stereocenters. The van der Waals surface area contributed by atoms with Crippen molar-refractivity contribution >= 4 is 18.4 Å². The van der Waals surface area contributed by atoms with Crippen molar-refractivity contribution in [3.63, 3.8) is 0 Å². The van der Waals surface area contributed by atoms with E-state index in [-0.39, 0.29) is 12.4 Å². The zero-order chi connectivity index (χ0) is 16.4. The summed E-state index contributed by atoms with van der Waals surface area (Å²) in [7, 11) is 0. The number of carboxylic acid groups (broad SMARTS) is 1. The quantitative estimate of drug-likeness (QED) is 0.783. The molecule has 0 bridgehead atoms. The van der Waals surface area contributed by atoms with E-state index in [2.05, 4.69) is 29.2 Å². The Labute approximate surface area is 147 Å². The molecular formula is C17H23ClN4O2. The lowest BCUT2D eigenvalue weighted by molar-refractivity contribution is 0.0681. The molecule has 0 saturated heterocycles. The van der Waals surface area contributed by atoms with Crippen LogP contribution in [0.2, 0.25) is 0 Å². The van der Waals surface area contributed by atoms with Gasteiger partial charge in [-0.2, -0.15) is 5.10 Å².